The van der Waals surface area contributed by atoms with Gasteiger partial charge < -0.3 is 9.52 Å². The minimum absolute atomic E-state index is 0.363. The third kappa shape index (κ3) is 3.06. The third-order valence-electron chi connectivity index (χ3n) is 2.04. The lowest BCUT2D eigenvalue weighted by atomic mass is 9.93. The molecule has 0 aromatic carbocycles. The Morgan fingerprint density at radius 2 is 2.00 bits per heavy atom. The highest BCUT2D eigenvalue weighted by Gasteiger charge is 2.33. The van der Waals surface area contributed by atoms with Crippen LogP contribution in [0.2, 0.25) is 0 Å². The standard InChI is InChI=1S/C9H11F3O2/c1-8(13,3-4-9(10,11)12)7-2-5-14-6-7/h2,5-6,13H,3-4H2,1H3. The molecule has 1 unspecified atom stereocenters. The Kier molecular flexibility index (Phi) is 2.89. The minimum Gasteiger partial charge on any atom is -0.472 e. The van der Waals surface area contributed by atoms with E-state index in [9.17, 15) is 18.3 Å². The molecule has 2 nitrogen and oxygen atoms in total. The van der Waals surface area contributed by atoms with Crippen LogP contribution in [0, 0.1) is 0 Å². The molecule has 0 saturated carbocycles. The molecule has 0 aliphatic rings. The summed E-state index contributed by atoms with van der Waals surface area (Å²) in [5.74, 6) is 0. The zero-order valence-electron chi connectivity index (χ0n) is 7.64. The van der Waals surface area contributed by atoms with Crippen LogP contribution < -0.4 is 0 Å². The van der Waals surface area contributed by atoms with Crippen LogP contribution in [-0.2, 0) is 5.60 Å². The van der Waals surface area contributed by atoms with Gasteiger partial charge in [-0.15, -0.1) is 0 Å². The van der Waals surface area contributed by atoms with Crippen LogP contribution in [-0.4, -0.2) is 11.3 Å². The highest BCUT2D eigenvalue weighted by Crippen LogP contribution is 2.31. The molecule has 0 aliphatic carbocycles. The number of alkyl halides is 3. The van der Waals surface area contributed by atoms with Crippen molar-refractivity contribution in [3.8, 4) is 0 Å². The van der Waals surface area contributed by atoms with Gasteiger partial charge in [0, 0.05) is 12.0 Å². The fraction of sp³-hybridized carbons (Fsp3) is 0.556. The molecule has 1 N–H and O–H groups in total. The summed E-state index contributed by atoms with van der Waals surface area (Å²) < 4.78 is 40.4. The first-order chi connectivity index (χ1) is 6.31. The Balaban J connectivity index is 2.59. The second-order valence-electron chi connectivity index (χ2n) is 3.40. The average molecular weight is 208 g/mol. The number of aliphatic hydroxyl groups is 1. The number of halogens is 3. The summed E-state index contributed by atoms with van der Waals surface area (Å²) in [4.78, 5) is 0. The van der Waals surface area contributed by atoms with Crippen LogP contribution in [0.15, 0.2) is 23.0 Å². The van der Waals surface area contributed by atoms with Crippen molar-refractivity contribution in [1.82, 2.24) is 0 Å². The molecule has 0 saturated heterocycles. The van der Waals surface area contributed by atoms with Gasteiger partial charge >= 0.3 is 6.18 Å². The molecule has 5 heteroatoms. The molecule has 80 valence electrons. The summed E-state index contributed by atoms with van der Waals surface area (Å²) in [6, 6.07) is 1.45. The summed E-state index contributed by atoms with van der Waals surface area (Å²) in [6.07, 6.45) is -3.05. The number of rotatable bonds is 3. The Morgan fingerprint density at radius 1 is 1.36 bits per heavy atom. The SMILES string of the molecule is CC(O)(CCC(F)(F)F)c1ccoc1. The van der Waals surface area contributed by atoms with Crippen molar-refractivity contribution >= 4 is 0 Å². The number of hydrogen-bond donors (Lipinski definition) is 1. The number of furan rings is 1. The van der Waals surface area contributed by atoms with Crippen LogP contribution in [0.25, 0.3) is 0 Å². The van der Waals surface area contributed by atoms with E-state index in [4.69, 9.17) is 4.42 Å². The lowest BCUT2D eigenvalue weighted by molar-refractivity contribution is -0.146. The third-order valence-corrected chi connectivity index (χ3v) is 2.04. The van der Waals surface area contributed by atoms with E-state index in [1.54, 1.807) is 0 Å². The zero-order chi connectivity index (χ0) is 10.8. The Morgan fingerprint density at radius 3 is 2.43 bits per heavy atom. The largest absolute Gasteiger partial charge is 0.472 e. The Hall–Kier alpha value is -0.970. The van der Waals surface area contributed by atoms with E-state index < -0.39 is 18.2 Å². The van der Waals surface area contributed by atoms with Crippen LogP contribution in [0.3, 0.4) is 0 Å². The highest BCUT2D eigenvalue weighted by molar-refractivity contribution is 5.14. The summed E-state index contributed by atoms with van der Waals surface area (Å²) in [6.45, 7) is 1.34. The van der Waals surface area contributed by atoms with Crippen molar-refractivity contribution in [2.24, 2.45) is 0 Å². The molecule has 14 heavy (non-hydrogen) atoms. The van der Waals surface area contributed by atoms with Gasteiger partial charge in [-0.1, -0.05) is 0 Å². The molecule has 0 radical (unpaired) electrons. The van der Waals surface area contributed by atoms with Gasteiger partial charge in [0.2, 0.25) is 0 Å². The van der Waals surface area contributed by atoms with E-state index in [0.717, 1.165) is 0 Å². The molecular weight excluding hydrogens is 197 g/mol. The fourth-order valence-electron chi connectivity index (χ4n) is 1.10. The van der Waals surface area contributed by atoms with Crippen molar-refractivity contribution in [2.75, 3.05) is 0 Å². The monoisotopic (exact) mass is 208 g/mol. The summed E-state index contributed by atoms with van der Waals surface area (Å²) in [7, 11) is 0. The van der Waals surface area contributed by atoms with Crippen LogP contribution >= 0.6 is 0 Å². The molecule has 1 rings (SSSR count). The van der Waals surface area contributed by atoms with Gasteiger partial charge in [0.25, 0.3) is 0 Å². The van der Waals surface area contributed by atoms with Gasteiger partial charge in [-0.3, -0.25) is 0 Å². The maximum absolute atomic E-state index is 11.9. The first-order valence-corrected chi connectivity index (χ1v) is 4.13. The van der Waals surface area contributed by atoms with E-state index in [-0.39, 0.29) is 6.42 Å². The lowest BCUT2D eigenvalue weighted by Gasteiger charge is -2.22. The predicted octanol–water partition coefficient (Wildman–Crippen LogP) is 2.83. The molecule has 0 amide bonds. The molecule has 1 aromatic rings. The normalized spacial score (nSPS) is 16.6. The molecule has 0 bridgehead atoms. The van der Waals surface area contributed by atoms with Crippen molar-refractivity contribution < 1.29 is 22.7 Å². The van der Waals surface area contributed by atoms with Gasteiger partial charge in [-0.2, -0.15) is 13.2 Å². The van der Waals surface area contributed by atoms with Crippen molar-refractivity contribution in [3.05, 3.63) is 24.2 Å². The summed E-state index contributed by atoms with van der Waals surface area (Å²) in [5, 5.41) is 9.68. The lowest BCUT2D eigenvalue weighted by Crippen LogP contribution is -2.23. The van der Waals surface area contributed by atoms with E-state index in [0.29, 0.717) is 5.56 Å². The van der Waals surface area contributed by atoms with Crippen molar-refractivity contribution in [2.45, 2.75) is 31.5 Å². The van der Waals surface area contributed by atoms with Gasteiger partial charge in [0.15, 0.2) is 0 Å². The zero-order valence-corrected chi connectivity index (χ0v) is 7.64. The van der Waals surface area contributed by atoms with E-state index in [1.807, 2.05) is 0 Å². The summed E-state index contributed by atoms with van der Waals surface area (Å²) >= 11 is 0. The quantitative estimate of drug-likeness (QED) is 0.828. The van der Waals surface area contributed by atoms with E-state index in [2.05, 4.69) is 0 Å². The Bertz CT molecular complexity index is 275. The molecule has 0 spiro atoms. The second kappa shape index (κ2) is 3.65. The smallest absolute Gasteiger partial charge is 0.389 e. The average Bonchev–Trinajstić information content (AvgIpc) is 2.52. The minimum atomic E-state index is -4.24. The topological polar surface area (TPSA) is 33.4 Å². The second-order valence-corrected chi connectivity index (χ2v) is 3.40. The first kappa shape index (κ1) is 11.1. The van der Waals surface area contributed by atoms with Gasteiger partial charge in [-0.25, -0.2) is 0 Å². The number of hydrogen-bond acceptors (Lipinski definition) is 2. The van der Waals surface area contributed by atoms with Gasteiger partial charge in [0.05, 0.1) is 18.1 Å². The van der Waals surface area contributed by atoms with Crippen molar-refractivity contribution in [1.29, 1.82) is 0 Å². The first-order valence-electron chi connectivity index (χ1n) is 4.13. The molecular formula is C9H11F3O2. The Labute approximate surface area is 79.3 Å². The maximum Gasteiger partial charge on any atom is 0.389 e. The molecule has 1 aromatic heterocycles. The van der Waals surface area contributed by atoms with E-state index in [1.165, 1.54) is 25.5 Å². The van der Waals surface area contributed by atoms with Crippen molar-refractivity contribution in [3.63, 3.8) is 0 Å². The van der Waals surface area contributed by atoms with E-state index >= 15 is 0 Å². The van der Waals surface area contributed by atoms with Gasteiger partial charge in [-0.05, 0) is 19.4 Å². The molecule has 0 aliphatic heterocycles. The van der Waals surface area contributed by atoms with Crippen LogP contribution in [0.5, 0.6) is 0 Å². The van der Waals surface area contributed by atoms with Gasteiger partial charge in [0.1, 0.15) is 0 Å². The summed E-state index contributed by atoms with van der Waals surface area (Å²) in [5.41, 5.74) is -1.12. The van der Waals surface area contributed by atoms with Crippen LogP contribution in [0.4, 0.5) is 13.2 Å². The molecule has 1 atom stereocenters. The predicted molar refractivity (Wildman–Crippen MR) is 43.6 cm³/mol. The van der Waals surface area contributed by atoms with Crippen LogP contribution in [0.1, 0.15) is 25.3 Å². The molecule has 1 heterocycles. The highest BCUT2D eigenvalue weighted by atomic mass is 19.4. The maximum atomic E-state index is 11.9. The fourth-order valence-corrected chi connectivity index (χ4v) is 1.10. The molecule has 0 fully saturated rings.